The summed E-state index contributed by atoms with van der Waals surface area (Å²) in [5.41, 5.74) is 1.69. The summed E-state index contributed by atoms with van der Waals surface area (Å²) < 4.78 is 5.43. The number of carbonyl (C=O) groups is 1. The van der Waals surface area contributed by atoms with Gasteiger partial charge in [-0.25, -0.2) is 9.97 Å². The summed E-state index contributed by atoms with van der Waals surface area (Å²) >= 11 is 0. The lowest BCUT2D eigenvalue weighted by Crippen LogP contribution is -2.48. The molecule has 2 fully saturated rings. The first kappa shape index (κ1) is 19.6. The number of hydrogen-bond acceptors (Lipinski definition) is 7. The van der Waals surface area contributed by atoms with Crippen LogP contribution in [0.25, 0.3) is 0 Å². The van der Waals surface area contributed by atoms with Crippen molar-refractivity contribution < 1.29 is 9.53 Å². The summed E-state index contributed by atoms with van der Waals surface area (Å²) in [4.78, 5) is 30.3. The van der Waals surface area contributed by atoms with E-state index in [4.69, 9.17) is 4.74 Å². The summed E-state index contributed by atoms with van der Waals surface area (Å²) in [6.45, 7) is 6.87. The van der Waals surface area contributed by atoms with Crippen molar-refractivity contribution in [1.82, 2.24) is 20.3 Å². The molecule has 1 atom stereocenters. The molecular formula is C21H28N6O2. The fourth-order valence-electron chi connectivity index (χ4n) is 3.97. The zero-order chi connectivity index (χ0) is 20.1. The van der Waals surface area contributed by atoms with Crippen molar-refractivity contribution in [1.29, 1.82) is 0 Å². The van der Waals surface area contributed by atoms with E-state index in [1.165, 1.54) is 0 Å². The van der Waals surface area contributed by atoms with Crippen LogP contribution in [0.15, 0.2) is 30.9 Å². The number of carbonyl (C=O) groups excluding carboxylic acids is 1. The molecule has 2 aliphatic rings. The van der Waals surface area contributed by atoms with Gasteiger partial charge in [-0.15, -0.1) is 0 Å². The molecule has 0 bridgehead atoms. The van der Waals surface area contributed by atoms with Gasteiger partial charge in [0, 0.05) is 56.2 Å². The molecule has 1 N–H and O–H groups in total. The second kappa shape index (κ2) is 9.17. The average Bonchev–Trinajstić information content (AvgIpc) is 2.80. The fourth-order valence-corrected chi connectivity index (χ4v) is 3.97. The molecule has 0 aliphatic carbocycles. The second-order valence-electron chi connectivity index (χ2n) is 7.48. The van der Waals surface area contributed by atoms with Crippen molar-refractivity contribution in [2.45, 2.75) is 32.2 Å². The molecule has 0 radical (unpaired) electrons. The smallest absolute Gasteiger partial charge is 0.251 e. The lowest BCUT2D eigenvalue weighted by atomic mass is 10.0. The summed E-state index contributed by atoms with van der Waals surface area (Å²) in [6.07, 6.45) is 7.85. The van der Waals surface area contributed by atoms with E-state index in [-0.39, 0.29) is 11.9 Å². The molecular weight excluding hydrogens is 368 g/mol. The molecule has 29 heavy (non-hydrogen) atoms. The van der Waals surface area contributed by atoms with Crippen LogP contribution in [-0.2, 0) is 11.2 Å². The minimum absolute atomic E-state index is 0.0206. The third-order valence-corrected chi connectivity index (χ3v) is 5.58. The SMILES string of the molecule is CCc1cnccc1C(=O)NC1CCCN(c2cc(N3CCOCC3)ncn2)C1. The van der Waals surface area contributed by atoms with Gasteiger partial charge in [-0.3, -0.25) is 9.78 Å². The molecule has 0 aromatic carbocycles. The zero-order valence-electron chi connectivity index (χ0n) is 16.9. The molecule has 0 spiro atoms. The number of nitrogens with zero attached hydrogens (tertiary/aromatic N) is 5. The Kier molecular flexibility index (Phi) is 6.19. The largest absolute Gasteiger partial charge is 0.378 e. The zero-order valence-corrected chi connectivity index (χ0v) is 16.9. The van der Waals surface area contributed by atoms with Gasteiger partial charge in [0.25, 0.3) is 5.91 Å². The van der Waals surface area contributed by atoms with E-state index in [1.807, 2.05) is 13.0 Å². The van der Waals surface area contributed by atoms with Gasteiger partial charge in [0.2, 0.25) is 0 Å². The van der Waals surface area contributed by atoms with Gasteiger partial charge in [-0.1, -0.05) is 6.92 Å². The first-order valence-corrected chi connectivity index (χ1v) is 10.4. The minimum Gasteiger partial charge on any atom is -0.378 e. The lowest BCUT2D eigenvalue weighted by Gasteiger charge is -2.35. The molecule has 154 valence electrons. The maximum absolute atomic E-state index is 12.8. The third-order valence-electron chi connectivity index (χ3n) is 5.58. The van der Waals surface area contributed by atoms with E-state index >= 15 is 0 Å². The van der Waals surface area contributed by atoms with E-state index in [2.05, 4.69) is 30.1 Å². The van der Waals surface area contributed by atoms with Gasteiger partial charge in [0.05, 0.1) is 13.2 Å². The van der Waals surface area contributed by atoms with Crippen molar-refractivity contribution in [3.8, 4) is 0 Å². The molecule has 2 saturated heterocycles. The molecule has 4 rings (SSSR count). The number of rotatable bonds is 5. The Morgan fingerprint density at radius 3 is 2.79 bits per heavy atom. The lowest BCUT2D eigenvalue weighted by molar-refractivity contribution is 0.0932. The monoisotopic (exact) mass is 396 g/mol. The van der Waals surface area contributed by atoms with E-state index in [1.54, 1.807) is 24.8 Å². The third kappa shape index (κ3) is 4.64. The number of hydrogen-bond donors (Lipinski definition) is 1. The molecule has 2 aliphatic heterocycles. The summed E-state index contributed by atoms with van der Waals surface area (Å²) in [5.74, 6) is 1.83. The number of anilines is 2. The standard InChI is InChI=1S/C21H28N6O2/c1-2-16-13-22-6-5-18(16)21(28)25-17-4-3-7-27(14-17)20-12-19(23-15-24-20)26-8-10-29-11-9-26/h5-6,12-13,15,17H,2-4,7-11,14H2,1H3,(H,25,28). The van der Waals surface area contributed by atoms with Crippen molar-refractivity contribution in [2.75, 3.05) is 49.2 Å². The predicted molar refractivity (Wildman–Crippen MR) is 111 cm³/mol. The number of piperidine rings is 1. The topological polar surface area (TPSA) is 83.5 Å². The molecule has 2 aromatic rings. The van der Waals surface area contributed by atoms with Crippen LogP contribution in [0.3, 0.4) is 0 Å². The minimum atomic E-state index is -0.0206. The van der Waals surface area contributed by atoms with Gasteiger partial charge in [-0.2, -0.15) is 0 Å². The summed E-state index contributed by atoms with van der Waals surface area (Å²) in [7, 11) is 0. The molecule has 0 saturated carbocycles. The molecule has 1 unspecified atom stereocenters. The maximum Gasteiger partial charge on any atom is 0.251 e. The fraction of sp³-hybridized carbons (Fsp3) is 0.524. The summed E-state index contributed by atoms with van der Waals surface area (Å²) in [6, 6.07) is 3.94. The molecule has 8 nitrogen and oxygen atoms in total. The first-order chi connectivity index (χ1) is 14.2. The van der Waals surface area contributed by atoms with Crippen LogP contribution in [0.5, 0.6) is 0 Å². The number of nitrogens with one attached hydrogen (secondary N) is 1. The van der Waals surface area contributed by atoms with Crippen LogP contribution < -0.4 is 15.1 Å². The Hall–Kier alpha value is -2.74. The van der Waals surface area contributed by atoms with E-state index in [0.29, 0.717) is 0 Å². The highest BCUT2D eigenvalue weighted by Crippen LogP contribution is 2.22. The van der Waals surface area contributed by atoms with Gasteiger partial charge < -0.3 is 19.9 Å². The number of morpholine rings is 1. The number of amides is 1. The van der Waals surface area contributed by atoms with Crippen LogP contribution in [0.1, 0.15) is 35.7 Å². The highest BCUT2D eigenvalue weighted by atomic mass is 16.5. The van der Waals surface area contributed by atoms with Crippen molar-refractivity contribution in [3.05, 3.63) is 42.0 Å². The van der Waals surface area contributed by atoms with Gasteiger partial charge in [-0.05, 0) is 30.9 Å². The molecule has 4 heterocycles. The quantitative estimate of drug-likeness (QED) is 0.823. The average molecular weight is 396 g/mol. The Balaban J connectivity index is 1.42. The van der Waals surface area contributed by atoms with E-state index < -0.39 is 0 Å². The number of aromatic nitrogens is 3. The Morgan fingerprint density at radius 1 is 1.21 bits per heavy atom. The van der Waals surface area contributed by atoms with Gasteiger partial charge >= 0.3 is 0 Å². The highest BCUT2D eigenvalue weighted by Gasteiger charge is 2.24. The van der Waals surface area contributed by atoms with Gasteiger partial charge in [0.1, 0.15) is 18.0 Å². The van der Waals surface area contributed by atoms with Crippen LogP contribution >= 0.6 is 0 Å². The highest BCUT2D eigenvalue weighted by molar-refractivity contribution is 5.95. The van der Waals surface area contributed by atoms with E-state index in [9.17, 15) is 4.79 Å². The number of pyridine rings is 1. The number of aryl methyl sites for hydroxylation is 1. The van der Waals surface area contributed by atoms with Gasteiger partial charge in [0.15, 0.2) is 0 Å². The van der Waals surface area contributed by atoms with Crippen LogP contribution in [0, 0.1) is 0 Å². The van der Waals surface area contributed by atoms with Crippen LogP contribution in [-0.4, -0.2) is 66.3 Å². The Morgan fingerprint density at radius 2 is 2.00 bits per heavy atom. The Labute approximate surface area is 171 Å². The molecule has 8 heteroatoms. The number of ether oxygens (including phenoxy) is 1. The van der Waals surface area contributed by atoms with Crippen LogP contribution in [0.4, 0.5) is 11.6 Å². The maximum atomic E-state index is 12.8. The summed E-state index contributed by atoms with van der Waals surface area (Å²) in [5, 5.41) is 3.21. The van der Waals surface area contributed by atoms with Crippen molar-refractivity contribution >= 4 is 17.5 Å². The first-order valence-electron chi connectivity index (χ1n) is 10.4. The Bertz CT molecular complexity index is 839. The second-order valence-corrected chi connectivity index (χ2v) is 7.48. The molecule has 2 aromatic heterocycles. The van der Waals surface area contributed by atoms with Crippen LogP contribution in [0.2, 0.25) is 0 Å². The van der Waals surface area contributed by atoms with E-state index in [0.717, 1.165) is 81.4 Å². The molecule has 1 amide bonds. The van der Waals surface area contributed by atoms with Crippen molar-refractivity contribution in [2.24, 2.45) is 0 Å². The normalized spacial score (nSPS) is 19.8. The van der Waals surface area contributed by atoms with Crippen molar-refractivity contribution in [3.63, 3.8) is 0 Å². The predicted octanol–water partition coefficient (Wildman–Crippen LogP) is 1.67.